The molecule has 0 aromatic carbocycles. The molecule has 1 heteroatoms. The van der Waals surface area contributed by atoms with E-state index in [1.54, 1.807) is 0 Å². The topological polar surface area (TPSA) is 20.2 Å². The number of aliphatic hydroxyl groups excluding tert-OH is 1. The molecule has 2 aliphatic carbocycles. The largest absolute Gasteiger partial charge is 0.396 e. The molecule has 64 valence electrons. The van der Waals surface area contributed by atoms with Crippen molar-refractivity contribution in [2.75, 3.05) is 6.61 Å². The van der Waals surface area contributed by atoms with Crippen molar-refractivity contribution in [3.05, 3.63) is 0 Å². The Morgan fingerprint density at radius 1 is 1.18 bits per heavy atom. The zero-order chi connectivity index (χ0) is 7.68. The zero-order valence-corrected chi connectivity index (χ0v) is 7.13. The summed E-state index contributed by atoms with van der Waals surface area (Å²) in [5, 5.41) is 8.70. The predicted molar refractivity (Wildman–Crippen MR) is 45.3 cm³/mol. The fourth-order valence-corrected chi connectivity index (χ4v) is 3.08. The molecule has 1 N–H and O–H groups in total. The van der Waals surface area contributed by atoms with Gasteiger partial charge in [-0.2, -0.15) is 0 Å². The molecule has 2 rings (SSSR count). The minimum atomic E-state index is 0.397. The van der Waals surface area contributed by atoms with Crippen molar-refractivity contribution in [3.63, 3.8) is 0 Å². The second-order valence-electron chi connectivity index (χ2n) is 4.30. The first kappa shape index (κ1) is 7.60. The second kappa shape index (κ2) is 3.14. The summed E-state index contributed by atoms with van der Waals surface area (Å²) in [7, 11) is 0. The van der Waals surface area contributed by atoms with E-state index in [1.165, 1.54) is 32.1 Å². The fraction of sp³-hybridized carbons (Fsp3) is 1.00. The van der Waals surface area contributed by atoms with Crippen LogP contribution in [-0.2, 0) is 0 Å². The summed E-state index contributed by atoms with van der Waals surface area (Å²) in [6.45, 7) is 0.397. The predicted octanol–water partition coefficient (Wildman–Crippen LogP) is 2.20. The van der Waals surface area contributed by atoms with E-state index in [9.17, 15) is 0 Å². The number of rotatable bonds is 3. The third-order valence-corrected chi connectivity index (χ3v) is 3.62. The van der Waals surface area contributed by atoms with E-state index in [0.29, 0.717) is 6.61 Å². The van der Waals surface area contributed by atoms with Crippen LogP contribution in [0.2, 0.25) is 0 Å². The SMILES string of the molecule is OCCC[C@H]1C[C@H]2CC[C@H]1C2. The summed E-state index contributed by atoms with van der Waals surface area (Å²) in [6, 6.07) is 0. The molecule has 0 amide bonds. The minimum Gasteiger partial charge on any atom is -0.396 e. The molecule has 2 fully saturated rings. The number of hydrogen-bond donors (Lipinski definition) is 1. The summed E-state index contributed by atoms with van der Waals surface area (Å²) in [5.74, 6) is 3.11. The summed E-state index contributed by atoms with van der Waals surface area (Å²) >= 11 is 0. The molecule has 0 unspecified atom stereocenters. The molecule has 11 heavy (non-hydrogen) atoms. The van der Waals surface area contributed by atoms with E-state index in [4.69, 9.17) is 5.11 Å². The Kier molecular flexibility index (Phi) is 2.17. The molecule has 2 saturated carbocycles. The lowest BCUT2D eigenvalue weighted by atomic mass is 9.86. The zero-order valence-electron chi connectivity index (χ0n) is 7.13. The number of fused-ring (bicyclic) bond motifs is 2. The van der Waals surface area contributed by atoms with Crippen LogP contribution in [-0.4, -0.2) is 11.7 Å². The molecule has 3 atom stereocenters. The number of aliphatic hydroxyl groups is 1. The Hall–Kier alpha value is -0.0400. The lowest BCUT2D eigenvalue weighted by Crippen LogP contribution is -2.10. The summed E-state index contributed by atoms with van der Waals surface area (Å²) in [5.41, 5.74) is 0. The molecule has 0 spiro atoms. The molecule has 0 radical (unpaired) electrons. The van der Waals surface area contributed by atoms with Gasteiger partial charge in [0.1, 0.15) is 0 Å². The maximum absolute atomic E-state index is 8.70. The Morgan fingerprint density at radius 3 is 2.64 bits per heavy atom. The molecule has 0 saturated heterocycles. The second-order valence-corrected chi connectivity index (χ2v) is 4.30. The molecule has 2 aliphatic rings. The summed E-state index contributed by atoms with van der Waals surface area (Å²) in [6.07, 6.45) is 8.30. The van der Waals surface area contributed by atoms with Crippen molar-refractivity contribution < 1.29 is 5.11 Å². The highest BCUT2D eigenvalue weighted by Gasteiger charge is 2.38. The van der Waals surface area contributed by atoms with Crippen molar-refractivity contribution in [1.82, 2.24) is 0 Å². The molecule has 0 aliphatic heterocycles. The average molecular weight is 154 g/mol. The van der Waals surface area contributed by atoms with Crippen molar-refractivity contribution in [2.45, 2.75) is 38.5 Å². The highest BCUT2D eigenvalue weighted by Crippen LogP contribution is 2.49. The Balaban J connectivity index is 1.78. The van der Waals surface area contributed by atoms with Gasteiger partial charge in [-0.3, -0.25) is 0 Å². The molecule has 1 nitrogen and oxygen atoms in total. The Morgan fingerprint density at radius 2 is 2.09 bits per heavy atom. The molecular formula is C10H18O. The lowest BCUT2D eigenvalue weighted by Gasteiger charge is -2.20. The van der Waals surface area contributed by atoms with Crippen LogP contribution in [0, 0.1) is 17.8 Å². The van der Waals surface area contributed by atoms with Crippen LogP contribution >= 0.6 is 0 Å². The standard InChI is InChI=1S/C10H18O/c11-5-1-2-9-6-8-3-4-10(9)7-8/h8-11H,1-7H2/t8-,9+,10+/m1/s1. The van der Waals surface area contributed by atoms with Crippen molar-refractivity contribution in [1.29, 1.82) is 0 Å². The Labute approximate surface area is 68.8 Å². The number of hydrogen-bond acceptors (Lipinski definition) is 1. The van der Waals surface area contributed by atoms with Crippen molar-refractivity contribution >= 4 is 0 Å². The van der Waals surface area contributed by atoms with Crippen LogP contribution in [0.1, 0.15) is 38.5 Å². The van der Waals surface area contributed by atoms with Crippen molar-refractivity contribution in [2.24, 2.45) is 17.8 Å². The van der Waals surface area contributed by atoms with E-state index in [-0.39, 0.29) is 0 Å². The Bertz CT molecular complexity index is 133. The molecule has 2 bridgehead atoms. The smallest absolute Gasteiger partial charge is 0.0431 e. The van der Waals surface area contributed by atoms with E-state index in [0.717, 1.165) is 24.2 Å². The van der Waals surface area contributed by atoms with Gasteiger partial charge in [0.25, 0.3) is 0 Å². The van der Waals surface area contributed by atoms with Gasteiger partial charge in [-0.15, -0.1) is 0 Å². The van der Waals surface area contributed by atoms with Crippen LogP contribution in [0.15, 0.2) is 0 Å². The van der Waals surface area contributed by atoms with Crippen LogP contribution in [0.4, 0.5) is 0 Å². The van der Waals surface area contributed by atoms with E-state index >= 15 is 0 Å². The van der Waals surface area contributed by atoms with E-state index in [2.05, 4.69) is 0 Å². The highest BCUT2D eigenvalue weighted by atomic mass is 16.2. The van der Waals surface area contributed by atoms with E-state index in [1.807, 2.05) is 0 Å². The fourth-order valence-electron chi connectivity index (χ4n) is 3.08. The normalized spacial score (nSPS) is 41.7. The first-order valence-corrected chi connectivity index (χ1v) is 5.01. The van der Waals surface area contributed by atoms with Gasteiger partial charge in [-0.05, 0) is 49.9 Å². The van der Waals surface area contributed by atoms with Crippen LogP contribution in [0.5, 0.6) is 0 Å². The third kappa shape index (κ3) is 1.44. The lowest BCUT2D eigenvalue weighted by molar-refractivity contribution is 0.245. The maximum atomic E-state index is 8.70. The van der Waals surface area contributed by atoms with Gasteiger partial charge >= 0.3 is 0 Å². The maximum Gasteiger partial charge on any atom is 0.0431 e. The quantitative estimate of drug-likeness (QED) is 0.660. The van der Waals surface area contributed by atoms with Gasteiger partial charge in [0.15, 0.2) is 0 Å². The van der Waals surface area contributed by atoms with Gasteiger partial charge < -0.3 is 5.11 Å². The van der Waals surface area contributed by atoms with Crippen molar-refractivity contribution in [3.8, 4) is 0 Å². The van der Waals surface area contributed by atoms with E-state index < -0.39 is 0 Å². The van der Waals surface area contributed by atoms with Crippen LogP contribution in [0.25, 0.3) is 0 Å². The molecule has 0 heterocycles. The van der Waals surface area contributed by atoms with Crippen LogP contribution < -0.4 is 0 Å². The van der Waals surface area contributed by atoms with Crippen LogP contribution in [0.3, 0.4) is 0 Å². The summed E-state index contributed by atoms with van der Waals surface area (Å²) in [4.78, 5) is 0. The first-order valence-electron chi connectivity index (χ1n) is 5.01. The monoisotopic (exact) mass is 154 g/mol. The molecule has 0 aromatic rings. The first-order chi connectivity index (χ1) is 5.40. The minimum absolute atomic E-state index is 0.397. The molecule has 0 aromatic heterocycles. The third-order valence-electron chi connectivity index (χ3n) is 3.62. The highest BCUT2D eigenvalue weighted by molar-refractivity contribution is 4.89. The van der Waals surface area contributed by atoms with Gasteiger partial charge in [-0.1, -0.05) is 6.42 Å². The van der Waals surface area contributed by atoms with Gasteiger partial charge in [0, 0.05) is 6.61 Å². The van der Waals surface area contributed by atoms with Gasteiger partial charge in [0.2, 0.25) is 0 Å². The molecular weight excluding hydrogens is 136 g/mol. The van der Waals surface area contributed by atoms with Gasteiger partial charge in [-0.25, -0.2) is 0 Å². The van der Waals surface area contributed by atoms with Gasteiger partial charge in [0.05, 0.1) is 0 Å². The average Bonchev–Trinajstić information content (AvgIpc) is 2.60. The summed E-state index contributed by atoms with van der Waals surface area (Å²) < 4.78 is 0.